The lowest BCUT2D eigenvalue weighted by atomic mass is 10.0. The summed E-state index contributed by atoms with van der Waals surface area (Å²) >= 11 is 6.18. The van der Waals surface area contributed by atoms with Crippen LogP contribution in [0.2, 0.25) is 5.15 Å². The fraction of sp³-hybridized carbons (Fsp3) is 0.444. The average molecular weight is 348 g/mol. The van der Waals surface area contributed by atoms with Crippen molar-refractivity contribution in [3.05, 3.63) is 47.5 Å². The Hall–Kier alpha value is -1.69. The molecule has 6 heteroatoms. The maximum absolute atomic E-state index is 6.18. The summed E-state index contributed by atoms with van der Waals surface area (Å²) in [6.07, 6.45) is 5.46. The second kappa shape index (κ2) is 6.31. The van der Waals surface area contributed by atoms with Gasteiger partial charge in [0, 0.05) is 6.20 Å². The van der Waals surface area contributed by atoms with Crippen molar-refractivity contribution in [2.24, 2.45) is 0 Å². The third kappa shape index (κ3) is 3.24. The molecule has 2 aromatic rings. The fourth-order valence-corrected chi connectivity index (χ4v) is 3.14. The molecular formula is C18H22ClN3O2. The molecule has 3 heterocycles. The molecule has 1 aliphatic heterocycles. The summed E-state index contributed by atoms with van der Waals surface area (Å²) in [4.78, 5) is 8.45. The summed E-state index contributed by atoms with van der Waals surface area (Å²) in [6, 6.07) is 1.88. The van der Waals surface area contributed by atoms with Crippen molar-refractivity contribution < 1.29 is 9.47 Å². The van der Waals surface area contributed by atoms with Crippen LogP contribution >= 0.6 is 11.6 Å². The minimum atomic E-state index is -0.678. The van der Waals surface area contributed by atoms with E-state index < -0.39 is 5.79 Å². The van der Waals surface area contributed by atoms with Crippen LogP contribution in [0.5, 0.6) is 0 Å². The van der Waals surface area contributed by atoms with Crippen molar-refractivity contribution in [1.82, 2.24) is 14.5 Å². The highest BCUT2D eigenvalue weighted by atomic mass is 35.5. The Morgan fingerprint density at radius 1 is 1.42 bits per heavy atom. The summed E-state index contributed by atoms with van der Waals surface area (Å²) in [5.41, 5.74) is 2.83. The highest BCUT2D eigenvalue weighted by Crippen LogP contribution is 2.32. The zero-order valence-electron chi connectivity index (χ0n) is 14.4. The van der Waals surface area contributed by atoms with Crippen LogP contribution in [0.15, 0.2) is 42.4 Å². The van der Waals surface area contributed by atoms with E-state index in [1.807, 2.05) is 40.0 Å². The molecule has 0 saturated heterocycles. The number of aromatic nitrogens is 3. The van der Waals surface area contributed by atoms with E-state index in [1.54, 1.807) is 0 Å². The molecule has 5 nitrogen and oxygen atoms in total. The van der Waals surface area contributed by atoms with E-state index in [1.165, 1.54) is 6.33 Å². The molecule has 0 fully saturated rings. The number of ether oxygens (including phenoxy) is 2. The number of fused-ring (bicyclic) bond motifs is 1. The second-order valence-corrected chi connectivity index (χ2v) is 6.96. The lowest BCUT2D eigenvalue weighted by Gasteiger charge is -2.36. The van der Waals surface area contributed by atoms with Gasteiger partial charge in [0.05, 0.1) is 24.1 Å². The topological polar surface area (TPSA) is 49.2 Å². The molecule has 0 aliphatic carbocycles. The lowest BCUT2D eigenvalue weighted by molar-refractivity contribution is -0.236. The second-order valence-electron chi connectivity index (χ2n) is 6.60. The van der Waals surface area contributed by atoms with Gasteiger partial charge in [0.1, 0.15) is 17.1 Å². The van der Waals surface area contributed by atoms with E-state index in [0.29, 0.717) is 11.8 Å². The SMILES string of the molecule is C=C(C)/C1=C/[C@@H](n2ccc3c(Cl)ncnc32)[C@@H](C)OC(C)(C)OC1. The molecule has 24 heavy (non-hydrogen) atoms. The molecule has 0 amide bonds. The standard InChI is InChI=1S/C18H22ClN3O2/c1-11(2)13-8-15(12(3)24-18(4,5)23-9-13)22-7-6-14-16(19)20-10-21-17(14)22/h6-8,10,12,15H,1,9H2,2-5H3/b13-8+/t12-,15-/m1/s1. The molecule has 0 N–H and O–H groups in total. The van der Waals surface area contributed by atoms with Crippen molar-refractivity contribution in [3.8, 4) is 0 Å². The first-order valence-corrected chi connectivity index (χ1v) is 8.31. The van der Waals surface area contributed by atoms with Crippen molar-refractivity contribution >= 4 is 22.6 Å². The Labute approximate surface area is 146 Å². The van der Waals surface area contributed by atoms with Gasteiger partial charge in [-0.1, -0.05) is 29.8 Å². The van der Waals surface area contributed by atoms with E-state index in [9.17, 15) is 0 Å². The molecule has 2 aromatic heterocycles. The molecule has 0 bridgehead atoms. The summed E-state index contributed by atoms with van der Waals surface area (Å²) in [5, 5.41) is 1.28. The van der Waals surface area contributed by atoms with E-state index >= 15 is 0 Å². The molecule has 0 radical (unpaired) electrons. The van der Waals surface area contributed by atoms with Gasteiger partial charge in [0.15, 0.2) is 5.79 Å². The monoisotopic (exact) mass is 347 g/mol. The Kier molecular flexibility index (Phi) is 4.51. The van der Waals surface area contributed by atoms with Gasteiger partial charge in [-0.15, -0.1) is 0 Å². The van der Waals surface area contributed by atoms with E-state index in [4.69, 9.17) is 21.1 Å². The zero-order valence-corrected chi connectivity index (χ0v) is 15.2. The smallest absolute Gasteiger partial charge is 0.163 e. The molecule has 0 spiro atoms. The first-order chi connectivity index (χ1) is 11.3. The quantitative estimate of drug-likeness (QED) is 0.760. The minimum Gasteiger partial charge on any atom is -0.346 e. The molecule has 3 rings (SSSR count). The summed E-state index contributed by atoms with van der Waals surface area (Å²) < 4.78 is 14.1. The summed E-state index contributed by atoms with van der Waals surface area (Å²) in [5.74, 6) is -0.678. The molecule has 0 unspecified atom stereocenters. The van der Waals surface area contributed by atoms with Gasteiger partial charge in [-0.05, 0) is 39.3 Å². The van der Waals surface area contributed by atoms with Crippen LogP contribution in [0, 0.1) is 0 Å². The van der Waals surface area contributed by atoms with Crippen molar-refractivity contribution in [3.63, 3.8) is 0 Å². The predicted octanol–water partition coefficient (Wildman–Crippen LogP) is 4.30. The third-order valence-electron chi connectivity index (χ3n) is 4.23. The normalized spacial score (nSPS) is 26.5. The van der Waals surface area contributed by atoms with Gasteiger partial charge in [-0.3, -0.25) is 0 Å². The summed E-state index contributed by atoms with van der Waals surface area (Å²) in [7, 11) is 0. The molecular weight excluding hydrogens is 326 g/mol. The van der Waals surface area contributed by atoms with Crippen molar-refractivity contribution in [2.75, 3.05) is 6.61 Å². The van der Waals surface area contributed by atoms with Crippen LogP contribution in [0.3, 0.4) is 0 Å². The van der Waals surface area contributed by atoms with E-state index in [-0.39, 0.29) is 12.1 Å². The maximum atomic E-state index is 6.18. The van der Waals surface area contributed by atoms with Gasteiger partial charge in [-0.25, -0.2) is 9.97 Å². The highest BCUT2D eigenvalue weighted by Gasteiger charge is 2.31. The third-order valence-corrected chi connectivity index (χ3v) is 4.53. The predicted molar refractivity (Wildman–Crippen MR) is 95.1 cm³/mol. The molecule has 1 aliphatic rings. The molecule has 128 valence electrons. The number of halogens is 1. The Bertz CT molecular complexity index is 810. The van der Waals surface area contributed by atoms with Gasteiger partial charge in [0.2, 0.25) is 0 Å². The van der Waals surface area contributed by atoms with E-state index in [2.05, 4.69) is 27.2 Å². The Morgan fingerprint density at radius 3 is 2.88 bits per heavy atom. The van der Waals surface area contributed by atoms with Gasteiger partial charge in [-0.2, -0.15) is 0 Å². The fourth-order valence-electron chi connectivity index (χ4n) is 2.95. The van der Waals surface area contributed by atoms with E-state index in [0.717, 1.165) is 22.2 Å². The minimum absolute atomic E-state index is 0.0525. The molecule has 0 aromatic carbocycles. The Balaban J connectivity index is 2.13. The van der Waals surface area contributed by atoms with Gasteiger partial charge >= 0.3 is 0 Å². The molecule has 2 atom stereocenters. The number of rotatable bonds is 2. The van der Waals surface area contributed by atoms with Crippen molar-refractivity contribution in [1.29, 1.82) is 0 Å². The van der Waals surface area contributed by atoms with Crippen LogP contribution < -0.4 is 0 Å². The zero-order chi connectivity index (χ0) is 17.5. The van der Waals surface area contributed by atoms with Crippen LogP contribution in [0.4, 0.5) is 0 Å². The van der Waals surface area contributed by atoms with Crippen LogP contribution in [-0.2, 0) is 9.47 Å². The van der Waals surface area contributed by atoms with Gasteiger partial charge < -0.3 is 14.0 Å². The van der Waals surface area contributed by atoms with Crippen LogP contribution in [0.1, 0.15) is 33.7 Å². The van der Waals surface area contributed by atoms with Crippen LogP contribution in [-0.4, -0.2) is 33.0 Å². The highest BCUT2D eigenvalue weighted by molar-refractivity contribution is 6.33. The first kappa shape index (κ1) is 17.1. The number of nitrogens with zero attached hydrogens (tertiary/aromatic N) is 3. The summed E-state index contributed by atoms with van der Waals surface area (Å²) in [6.45, 7) is 12.4. The van der Waals surface area contributed by atoms with Crippen LogP contribution in [0.25, 0.3) is 11.0 Å². The lowest BCUT2D eigenvalue weighted by Crippen LogP contribution is -2.38. The van der Waals surface area contributed by atoms with Crippen molar-refractivity contribution in [2.45, 2.75) is 45.6 Å². The first-order valence-electron chi connectivity index (χ1n) is 7.94. The average Bonchev–Trinajstić information content (AvgIpc) is 2.90. The molecule has 0 saturated carbocycles. The largest absolute Gasteiger partial charge is 0.346 e. The number of hydrogen-bond acceptors (Lipinski definition) is 4. The number of hydrogen-bond donors (Lipinski definition) is 0. The Morgan fingerprint density at radius 2 is 2.17 bits per heavy atom. The maximum Gasteiger partial charge on any atom is 0.163 e. The van der Waals surface area contributed by atoms with Gasteiger partial charge in [0.25, 0.3) is 0 Å².